The van der Waals surface area contributed by atoms with Gasteiger partial charge in [-0.05, 0) is 27.2 Å². The van der Waals surface area contributed by atoms with Crippen LogP contribution in [0.4, 0.5) is 0 Å². The molecule has 0 aromatic carbocycles. The predicted octanol–water partition coefficient (Wildman–Crippen LogP) is 0.929. The van der Waals surface area contributed by atoms with Crippen molar-refractivity contribution in [1.29, 1.82) is 0 Å². The molecular weight excluding hydrogens is 232 g/mol. The molecule has 0 aromatic rings. The number of methoxy groups -OCH3 is 1. The zero-order chi connectivity index (χ0) is 14.0. The molecule has 5 heteroatoms. The van der Waals surface area contributed by atoms with Crippen molar-refractivity contribution in [2.75, 3.05) is 20.3 Å². The van der Waals surface area contributed by atoms with Crippen LogP contribution in [-0.4, -0.2) is 48.1 Å². The van der Waals surface area contributed by atoms with E-state index < -0.39 is 11.1 Å². The molecule has 0 aliphatic carbocycles. The Balaban J connectivity index is 3.05. The summed E-state index contributed by atoms with van der Waals surface area (Å²) in [5.74, 6) is -0.0960. The van der Waals surface area contributed by atoms with Crippen molar-refractivity contribution in [2.45, 2.75) is 51.6 Å². The second kappa shape index (κ2) is 5.26. The monoisotopic (exact) mass is 256 g/mol. The number of ether oxygens (including phenoxy) is 1. The molecule has 0 saturated carbocycles. The van der Waals surface area contributed by atoms with Gasteiger partial charge >= 0.3 is 0 Å². The van der Waals surface area contributed by atoms with Crippen LogP contribution in [0.25, 0.3) is 0 Å². The lowest BCUT2D eigenvalue weighted by Gasteiger charge is -2.41. The molecule has 1 heterocycles. The second-order valence-electron chi connectivity index (χ2n) is 5.69. The number of hydrogen-bond acceptors (Lipinski definition) is 3. The Hall–Kier alpha value is -1.10. The van der Waals surface area contributed by atoms with Gasteiger partial charge in [0.15, 0.2) is 0 Å². The maximum absolute atomic E-state index is 12.6. The number of rotatable bonds is 4. The zero-order valence-corrected chi connectivity index (χ0v) is 12.0. The standard InChI is InChI=1S/C13H24N2O3/c1-6-13(4)11(17)15(8-7-10(16)14-13)12(2,3)9-18-5/h6-9H2,1-5H3,(H,14,16). The van der Waals surface area contributed by atoms with Crippen molar-refractivity contribution >= 4 is 11.8 Å². The minimum atomic E-state index is -0.807. The van der Waals surface area contributed by atoms with E-state index in [2.05, 4.69) is 5.32 Å². The van der Waals surface area contributed by atoms with Gasteiger partial charge in [-0.3, -0.25) is 9.59 Å². The van der Waals surface area contributed by atoms with Crippen LogP contribution in [0.15, 0.2) is 0 Å². The van der Waals surface area contributed by atoms with Crippen molar-refractivity contribution in [2.24, 2.45) is 0 Å². The lowest BCUT2D eigenvalue weighted by atomic mass is 9.94. The lowest BCUT2D eigenvalue weighted by molar-refractivity contribution is -0.144. The quantitative estimate of drug-likeness (QED) is 0.814. The molecule has 0 radical (unpaired) electrons. The van der Waals surface area contributed by atoms with Crippen LogP contribution >= 0.6 is 0 Å². The Morgan fingerprint density at radius 2 is 2.06 bits per heavy atom. The zero-order valence-electron chi connectivity index (χ0n) is 12.0. The maximum Gasteiger partial charge on any atom is 0.248 e. The van der Waals surface area contributed by atoms with Gasteiger partial charge in [0.25, 0.3) is 0 Å². The summed E-state index contributed by atoms with van der Waals surface area (Å²) in [6.07, 6.45) is 0.922. The van der Waals surface area contributed by atoms with Gasteiger partial charge in [-0.15, -0.1) is 0 Å². The molecule has 1 rings (SSSR count). The summed E-state index contributed by atoms with van der Waals surface area (Å²) >= 11 is 0. The first-order valence-corrected chi connectivity index (χ1v) is 6.39. The molecule has 1 aliphatic rings. The Bertz CT molecular complexity index is 341. The minimum absolute atomic E-state index is 0.0297. The fourth-order valence-corrected chi connectivity index (χ4v) is 2.28. The fraction of sp³-hybridized carbons (Fsp3) is 0.846. The molecule has 18 heavy (non-hydrogen) atoms. The van der Waals surface area contributed by atoms with Crippen LogP contribution in [0.5, 0.6) is 0 Å². The highest BCUT2D eigenvalue weighted by Crippen LogP contribution is 2.24. The molecule has 0 bridgehead atoms. The van der Waals surface area contributed by atoms with E-state index in [0.717, 1.165) is 0 Å². The topological polar surface area (TPSA) is 58.6 Å². The largest absolute Gasteiger partial charge is 0.382 e. The highest BCUT2D eigenvalue weighted by atomic mass is 16.5. The number of nitrogens with zero attached hydrogens (tertiary/aromatic N) is 1. The smallest absolute Gasteiger partial charge is 0.248 e. The first-order chi connectivity index (χ1) is 8.27. The summed E-state index contributed by atoms with van der Waals surface area (Å²) in [5, 5.41) is 2.83. The van der Waals surface area contributed by atoms with Gasteiger partial charge < -0.3 is 15.0 Å². The summed E-state index contributed by atoms with van der Waals surface area (Å²) in [4.78, 5) is 26.1. The normalized spacial score (nSPS) is 25.9. The highest BCUT2D eigenvalue weighted by Gasteiger charge is 2.43. The van der Waals surface area contributed by atoms with Crippen LogP contribution in [0.1, 0.15) is 40.5 Å². The molecule has 0 aromatic heterocycles. The van der Waals surface area contributed by atoms with E-state index in [0.29, 0.717) is 26.0 Å². The van der Waals surface area contributed by atoms with E-state index in [4.69, 9.17) is 4.74 Å². The number of hydrogen-bond donors (Lipinski definition) is 1. The first-order valence-electron chi connectivity index (χ1n) is 6.39. The van der Waals surface area contributed by atoms with Crippen LogP contribution in [-0.2, 0) is 14.3 Å². The molecule has 2 amide bonds. The Labute approximate surface area is 109 Å². The molecule has 5 nitrogen and oxygen atoms in total. The van der Waals surface area contributed by atoms with E-state index in [1.165, 1.54) is 0 Å². The summed E-state index contributed by atoms with van der Waals surface area (Å²) in [5.41, 5.74) is -1.22. The van der Waals surface area contributed by atoms with Gasteiger partial charge in [0.05, 0.1) is 12.1 Å². The van der Waals surface area contributed by atoms with E-state index in [1.807, 2.05) is 20.8 Å². The molecule has 1 N–H and O–H groups in total. The predicted molar refractivity (Wildman–Crippen MR) is 69.1 cm³/mol. The van der Waals surface area contributed by atoms with Crippen LogP contribution < -0.4 is 5.32 Å². The summed E-state index contributed by atoms with van der Waals surface area (Å²) in [6.45, 7) is 8.50. The average molecular weight is 256 g/mol. The SMILES string of the molecule is CCC1(C)NC(=O)CCN(C(C)(C)COC)C1=O. The third-order valence-electron chi connectivity index (χ3n) is 3.63. The van der Waals surface area contributed by atoms with Gasteiger partial charge in [-0.1, -0.05) is 6.92 Å². The van der Waals surface area contributed by atoms with Crippen LogP contribution in [0.2, 0.25) is 0 Å². The van der Waals surface area contributed by atoms with E-state index in [-0.39, 0.29) is 11.8 Å². The summed E-state index contributed by atoms with van der Waals surface area (Å²) in [6, 6.07) is 0. The molecule has 0 spiro atoms. The Morgan fingerprint density at radius 1 is 1.44 bits per heavy atom. The summed E-state index contributed by atoms with van der Waals surface area (Å²) < 4.78 is 5.18. The average Bonchev–Trinajstić information content (AvgIpc) is 2.38. The molecule has 1 unspecified atom stereocenters. The maximum atomic E-state index is 12.6. The Kier molecular flexibility index (Phi) is 4.37. The van der Waals surface area contributed by atoms with Crippen molar-refractivity contribution in [1.82, 2.24) is 10.2 Å². The van der Waals surface area contributed by atoms with Crippen molar-refractivity contribution in [3.8, 4) is 0 Å². The molecule has 1 fully saturated rings. The third kappa shape index (κ3) is 2.83. The van der Waals surface area contributed by atoms with Crippen molar-refractivity contribution in [3.63, 3.8) is 0 Å². The highest BCUT2D eigenvalue weighted by molar-refractivity contribution is 5.93. The van der Waals surface area contributed by atoms with E-state index in [9.17, 15) is 9.59 Å². The Morgan fingerprint density at radius 3 is 2.56 bits per heavy atom. The van der Waals surface area contributed by atoms with Crippen LogP contribution in [0, 0.1) is 0 Å². The van der Waals surface area contributed by atoms with Gasteiger partial charge in [0.1, 0.15) is 5.54 Å². The van der Waals surface area contributed by atoms with E-state index >= 15 is 0 Å². The number of amides is 2. The van der Waals surface area contributed by atoms with Gasteiger partial charge in [-0.25, -0.2) is 0 Å². The minimum Gasteiger partial charge on any atom is -0.382 e. The number of carbonyl (C=O) groups excluding carboxylic acids is 2. The molecule has 1 atom stereocenters. The number of nitrogens with one attached hydrogen (secondary N) is 1. The van der Waals surface area contributed by atoms with Gasteiger partial charge in [0, 0.05) is 20.1 Å². The van der Waals surface area contributed by atoms with E-state index in [1.54, 1.807) is 18.9 Å². The lowest BCUT2D eigenvalue weighted by Crippen LogP contribution is -2.60. The summed E-state index contributed by atoms with van der Waals surface area (Å²) in [7, 11) is 1.62. The molecule has 104 valence electrons. The molecular formula is C13H24N2O3. The fourth-order valence-electron chi connectivity index (χ4n) is 2.28. The van der Waals surface area contributed by atoms with Gasteiger partial charge in [-0.2, -0.15) is 0 Å². The number of carbonyl (C=O) groups is 2. The van der Waals surface area contributed by atoms with Crippen LogP contribution in [0.3, 0.4) is 0 Å². The van der Waals surface area contributed by atoms with Crippen molar-refractivity contribution < 1.29 is 14.3 Å². The third-order valence-corrected chi connectivity index (χ3v) is 3.63. The first kappa shape index (κ1) is 15.0. The molecule has 1 aliphatic heterocycles. The van der Waals surface area contributed by atoms with Crippen molar-refractivity contribution in [3.05, 3.63) is 0 Å². The molecule has 1 saturated heterocycles. The van der Waals surface area contributed by atoms with Gasteiger partial charge in [0.2, 0.25) is 11.8 Å². The second-order valence-corrected chi connectivity index (χ2v) is 5.69.